The van der Waals surface area contributed by atoms with E-state index in [4.69, 9.17) is 4.74 Å². The number of carbonyl (C=O) groups excluding carboxylic acids is 2. The van der Waals surface area contributed by atoms with Crippen LogP contribution < -0.4 is 10.6 Å². The number of carbonyl (C=O) groups is 2. The molecule has 1 aromatic rings. The summed E-state index contributed by atoms with van der Waals surface area (Å²) in [5, 5.41) is 5.64. The smallest absolute Gasteiger partial charge is 0.322 e. The second-order valence-electron chi connectivity index (χ2n) is 5.43. The summed E-state index contributed by atoms with van der Waals surface area (Å²) in [5.74, 6) is -0.117. The number of benzene rings is 1. The average Bonchev–Trinajstić information content (AvgIpc) is 2.99. The van der Waals surface area contributed by atoms with Crippen LogP contribution in [0, 0.1) is 6.92 Å². The number of hydrogen-bond donors (Lipinski definition) is 2. The molecule has 0 saturated carbocycles. The molecule has 6 nitrogen and oxygen atoms in total. The lowest BCUT2D eigenvalue weighted by molar-refractivity contribution is -0.124. The van der Waals surface area contributed by atoms with Crippen molar-refractivity contribution in [1.82, 2.24) is 10.2 Å². The van der Waals surface area contributed by atoms with E-state index in [0.717, 1.165) is 17.7 Å². The number of nitrogens with zero attached hydrogens (tertiary/aromatic N) is 1. The first kappa shape index (κ1) is 16.3. The number of amides is 3. The SMILES string of the molecule is COCCNC(=O)C1CCCN1C(=O)Nc1ccc(C)cc1. The zero-order valence-corrected chi connectivity index (χ0v) is 13.1. The fraction of sp³-hybridized carbons (Fsp3) is 0.500. The highest BCUT2D eigenvalue weighted by atomic mass is 16.5. The minimum atomic E-state index is -0.401. The van der Waals surface area contributed by atoms with Gasteiger partial charge in [-0.05, 0) is 31.9 Å². The number of anilines is 1. The van der Waals surface area contributed by atoms with Crippen molar-refractivity contribution in [1.29, 1.82) is 0 Å². The van der Waals surface area contributed by atoms with Gasteiger partial charge in [0.25, 0.3) is 0 Å². The summed E-state index contributed by atoms with van der Waals surface area (Å²) in [6.45, 7) is 3.51. The first-order valence-corrected chi connectivity index (χ1v) is 7.53. The molecule has 1 atom stereocenters. The van der Waals surface area contributed by atoms with Gasteiger partial charge in [-0.25, -0.2) is 4.79 Å². The number of likely N-dealkylation sites (tertiary alicyclic amines) is 1. The Hall–Kier alpha value is -2.08. The molecule has 120 valence electrons. The van der Waals surface area contributed by atoms with Gasteiger partial charge in [-0.3, -0.25) is 4.79 Å². The third-order valence-corrected chi connectivity index (χ3v) is 3.72. The van der Waals surface area contributed by atoms with Gasteiger partial charge in [0.1, 0.15) is 6.04 Å². The zero-order valence-electron chi connectivity index (χ0n) is 13.1. The molecule has 22 heavy (non-hydrogen) atoms. The maximum Gasteiger partial charge on any atom is 0.322 e. The average molecular weight is 305 g/mol. The first-order valence-electron chi connectivity index (χ1n) is 7.53. The van der Waals surface area contributed by atoms with Crippen molar-refractivity contribution in [3.8, 4) is 0 Å². The van der Waals surface area contributed by atoms with Crippen LogP contribution in [0.4, 0.5) is 10.5 Å². The Bertz CT molecular complexity index is 516. The fourth-order valence-corrected chi connectivity index (χ4v) is 2.51. The number of methoxy groups -OCH3 is 1. The molecule has 1 unspecified atom stereocenters. The number of ether oxygens (including phenoxy) is 1. The van der Waals surface area contributed by atoms with E-state index in [1.165, 1.54) is 0 Å². The standard InChI is InChI=1S/C16H23N3O3/c1-12-5-7-13(8-6-12)18-16(21)19-10-3-4-14(19)15(20)17-9-11-22-2/h5-8,14H,3-4,9-11H2,1-2H3,(H,17,20)(H,18,21). The summed E-state index contributed by atoms with van der Waals surface area (Å²) >= 11 is 0. The van der Waals surface area contributed by atoms with Crippen LogP contribution in [0.3, 0.4) is 0 Å². The van der Waals surface area contributed by atoms with E-state index >= 15 is 0 Å². The number of urea groups is 1. The normalized spacial score (nSPS) is 17.4. The monoisotopic (exact) mass is 305 g/mol. The summed E-state index contributed by atoms with van der Waals surface area (Å²) in [4.78, 5) is 26.1. The van der Waals surface area contributed by atoms with Gasteiger partial charge in [0.15, 0.2) is 0 Å². The lowest BCUT2D eigenvalue weighted by Crippen LogP contribution is -2.48. The quantitative estimate of drug-likeness (QED) is 0.814. The molecule has 1 aromatic carbocycles. The molecule has 0 radical (unpaired) electrons. The van der Waals surface area contributed by atoms with Gasteiger partial charge in [-0.15, -0.1) is 0 Å². The van der Waals surface area contributed by atoms with Crippen LogP contribution in [-0.4, -0.2) is 49.7 Å². The van der Waals surface area contributed by atoms with Crippen molar-refractivity contribution < 1.29 is 14.3 Å². The minimum absolute atomic E-state index is 0.117. The summed E-state index contributed by atoms with van der Waals surface area (Å²) in [6.07, 6.45) is 1.53. The third kappa shape index (κ3) is 4.21. The van der Waals surface area contributed by atoms with Crippen molar-refractivity contribution in [2.45, 2.75) is 25.8 Å². The second-order valence-corrected chi connectivity index (χ2v) is 5.43. The van der Waals surface area contributed by atoms with Gasteiger partial charge < -0.3 is 20.3 Å². The van der Waals surface area contributed by atoms with Crippen molar-refractivity contribution in [2.24, 2.45) is 0 Å². The highest BCUT2D eigenvalue weighted by molar-refractivity contribution is 5.94. The fourth-order valence-electron chi connectivity index (χ4n) is 2.51. The Morgan fingerprint density at radius 2 is 2.05 bits per heavy atom. The van der Waals surface area contributed by atoms with E-state index in [1.54, 1.807) is 12.0 Å². The highest BCUT2D eigenvalue weighted by Crippen LogP contribution is 2.19. The molecule has 0 spiro atoms. The molecule has 2 N–H and O–H groups in total. The van der Waals surface area contributed by atoms with E-state index < -0.39 is 6.04 Å². The zero-order chi connectivity index (χ0) is 15.9. The summed E-state index contributed by atoms with van der Waals surface area (Å²) in [7, 11) is 1.59. The predicted octanol–water partition coefficient (Wildman–Crippen LogP) is 1.75. The highest BCUT2D eigenvalue weighted by Gasteiger charge is 2.33. The third-order valence-electron chi connectivity index (χ3n) is 3.72. The molecule has 0 aromatic heterocycles. The van der Waals surface area contributed by atoms with Crippen molar-refractivity contribution in [3.05, 3.63) is 29.8 Å². The Labute approximate surface area is 130 Å². The molecule has 6 heteroatoms. The number of hydrogen-bond acceptors (Lipinski definition) is 3. The van der Waals surface area contributed by atoms with Crippen LogP contribution >= 0.6 is 0 Å². The second kappa shape index (κ2) is 7.79. The largest absolute Gasteiger partial charge is 0.383 e. The van der Waals surface area contributed by atoms with Crippen molar-refractivity contribution in [2.75, 3.05) is 32.1 Å². The molecular formula is C16H23N3O3. The molecule has 2 rings (SSSR count). The molecule has 1 fully saturated rings. The van der Waals surface area contributed by atoms with Gasteiger partial charge in [-0.1, -0.05) is 17.7 Å². The lowest BCUT2D eigenvalue weighted by Gasteiger charge is -2.24. The molecule has 1 heterocycles. The topological polar surface area (TPSA) is 70.7 Å². The number of nitrogens with one attached hydrogen (secondary N) is 2. The van der Waals surface area contributed by atoms with E-state index in [-0.39, 0.29) is 11.9 Å². The van der Waals surface area contributed by atoms with Crippen LogP contribution in [0.15, 0.2) is 24.3 Å². The van der Waals surface area contributed by atoms with Crippen molar-refractivity contribution >= 4 is 17.6 Å². The van der Waals surface area contributed by atoms with Crippen LogP contribution in [-0.2, 0) is 9.53 Å². The van der Waals surface area contributed by atoms with E-state index in [2.05, 4.69) is 10.6 Å². The minimum Gasteiger partial charge on any atom is -0.383 e. The van der Waals surface area contributed by atoms with Gasteiger partial charge in [0.2, 0.25) is 5.91 Å². The summed E-state index contributed by atoms with van der Waals surface area (Å²) in [5.41, 5.74) is 1.87. The molecule has 1 aliphatic heterocycles. The molecule has 3 amide bonds. The summed E-state index contributed by atoms with van der Waals surface area (Å²) < 4.78 is 4.91. The van der Waals surface area contributed by atoms with E-state index in [9.17, 15) is 9.59 Å². The predicted molar refractivity (Wildman–Crippen MR) is 84.8 cm³/mol. The van der Waals surface area contributed by atoms with Crippen LogP contribution in [0.25, 0.3) is 0 Å². The van der Waals surface area contributed by atoms with Crippen LogP contribution in [0.5, 0.6) is 0 Å². The molecule has 0 bridgehead atoms. The van der Waals surface area contributed by atoms with E-state index in [0.29, 0.717) is 26.1 Å². The molecule has 1 saturated heterocycles. The lowest BCUT2D eigenvalue weighted by atomic mass is 10.2. The van der Waals surface area contributed by atoms with Gasteiger partial charge in [0.05, 0.1) is 6.61 Å². The van der Waals surface area contributed by atoms with Crippen LogP contribution in [0.1, 0.15) is 18.4 Å². The van der Waals surface area contributed by atoms with Gasteiger partial charge in [-0.2, -0.15) is 0 Å². The first-order chi connectivity index (χ1) is 10.6. The van der Waals surface area contributed by atoms with E-state index in [1.807, 2.05) is 31.2 Å². The number of aryl methyl sites for hydroxylation is 1. The molecule has 0 aliphatic carbocycles. The molecular weight excluding hydrogens is 282 g/mol. The maximum absolute atomic E-state index is 12.4. The Morgan fingerprint density at radius 1 is 1.32 bits per heavy atom. The maximum atomic E-state index is 12.4. The Balaban J connectivity index is 1.92. The molecule has 1 aliphatic rings. The Kier molecular flexibility index (Phi) is 5.77. The Morgan fingerprint density at radius 3 is 2.73 bits per heavy atom. The summed E-state index contributed by atoms with van der Waals surface area (Å²) in [6, 6.07) is 6.97. The van der Waals surface area contributed by atoms with Gasteiger partial charge >= 0.3 is 6.03 Å². The number of rotatable bonds is 5. The van der Waals surface area contributed by atoms with Crippen LogP contribution in [0.2, 0.25) is 0 Å². The van der Waals surface area contributed by atoms with Crippen molar-refractivity contribution in [3.63, 3.8) is 0 Å². The van der Waals surface area contributed by atoms with Gasteiger partial charge in [0, 0.05) is 25.9 Å².